The van der Waals surface area contributed by atoms with Crippen LogP contribution in [0.15, 0.2) is 28.7 Å². The summed E-state index contributed by atoms with van der Waals surface area (Å²) in [5, 5.41) is 5.35. The fraction of sp³-hybridized carbons (Fsp3) is 0.529. The second-order valence-corrected chi connectivity index (χ2v) is 6.59. The van der Waals surface area contributed by atoms with Gasteiger partial charge in [0.05, 0.1) is 0 Å². The molecule has 2 atom stereocenters. The third-order valence-electron chi connectivity index (χ3n) is 3.82. The molecule has 0 spiro atoms. The zero-order valence-corrected chi connectivity index (χ0v) is 13.5. The number of rotatable bonds is 6. The Bertz CT molecular complexity index is 561. The monoisotopic (exact) mass is 293 g/mol. The molecular weight excluding hydrogens is 270 g/mol. The lowest BCUT2D eigenvalue weighted by molar-refractivity contribution is 0.383. The summed E-state index contributed by atoms with van der Waals surface area (Å²) in [6.07, 6.45) is 0. The van der Waals surface area contributed by atoms with E-state index < -0.39 is 0 Å². The van der Waals surface area contributed by atoms with Gasteiger partial charge in [0.15, 0.2) is 0 Å². The van der Waals surface area contributed by atoms with Gasteiger partial charge in [-0.1, -0.05) is 39.3 Å². The molecule has 0 radical (unpaired) electrons. The number of halogens is 1. The van der Waals surface area contributed by atoms with Gasteiger partial charge in [0, 0.05) is 16.3 Å². The number of benzene rings is 1. The zero-order valence-electron chi connectivity index (χ0n) is 12.7. The molecule has 0 aliphatic carbocycles. The van der Waals surface area contributed by atoms with Crippen molar-refractivity contribution in [2.75, 3.05) is 13.1 Å². The van der Waals surface area contributed by atoms with Crippen molar-refractivity contribution in [3.05, 3.63) is 35.0 Å². The summed E-state index contributed by atoms with van der Waals surface area (Å²) in [6.45, 7) is 11.0. The first-order valence-corrected chi connectivity index (χ1v) is 7.75. The first kappa shape index (κ1) is 15.4. The van der Waals surface area contributed by atoms with Crippen molar-refractivity contribution in [3.8, 4) is 0 Å². The SMILES string of the molecule is CC(C)CNCC(C)C(C)c1cc2cc(Cl)ccc2o1. The Labute approximate surface area is 126 Å². The van der Waals surface area contributed by atoms with E-state index in [2.05, 4.69) is 39.1 Å². The molecule has 2 unspecified atom stereocenters. The lowest BCUT2D eigenvalue weighted by atomic mass is 9.93. The number of hydrogen-bond donors (Lipinski definition) is 1. The van der Waals surface area contributed by atoms with Gasteiger partial charge in [-0.05, 0) is 49.2 Å². The standard InChI is InChI=1S/C17H24ClNO/c1-11(2)9-19-10-12(3)13(4)17-8-14-7-15(18)5-6-16(14)20-17/h5-8,11-13,19H,9-10H2,1-4H3. The van der Waals surface area contributed by atoms with Crippen molar-refractivity contribution in [3.63, 3.8) is 0 Å². The van der Waals surface area contributed by atoms with Crippen LogP contribution in [-0.2, 0) is 0 Å². The van der Waals surface area contributed by atoms with Gasteiger partial charge in [-0.2, -0.15) is 0 Å². The highest BCUT2D eigenvalue weighted by molar-refractivity contribution is 6.31. The minimum Gasteiger partial charge on any atom is -0.461 e. The van der Waals surface area contributed by atoms with E-state index in [-0.39, 0.29) is 0 Å². The highest BCUT2D eigenvalue weighted by atomic mass is 35.5. The first-order valence-electron chi connectivity index (χ1n) is 7.37. The maximum atomic E-state index is 6.02. The topological polar surface area (TPSA) is 25.2 Å². The summed E-state index contributed by atoms with van der Waals surface area (Å²) in [5.74, 6) is 2.65. The quantitative estimate of drug-likeness (QED) is 0.804. The summed E-state index contributed by atoms with van der Waals surface area (Å²) in [6, 6.07) is 7.88. The highest BCUT2D eigenvalue weighted by Gasteiger charge is 2.18. The second-order valence-electron chi connectivity index (χ2n) is 6.15. The number of hydrogen-bond acceptors (Lipinski definition) is 2. The molecule has 0 aliphatic rings. The summed E-state index contributed by atoms with van der Waals surface area (Å²) in [4.78, 5) is 0. The van der Waals surface area contributed by atoms with E-state index >= 15 is 0 Å². The predicted octanol–water partition coefficient (Wildman–Crippen LogP) is 5.07. The van der Waals surface area contributed by atoms with Crippen LogP contribution in [0.25, 0.3) is 11.0 Å². The maximum Gasteiger partial charge on any atom is 0.134 e. The molecule has 20 heavy (non-hydrogen) atoms. The van der Waals surface area contributed by atoms with Gasteiger partial charge in [0.1, 0.15) is 11.3 Å². The molecule has 2 rings (SSSR count). The van der Waals surface area contributed by atoms with Crippen LogP contribution >= 0.6 is 11.6 Å². The smallest absolute Gasteiger partial charge is 0.134 e. The van der Waals surface area contributed by atoms with Gasteiger partial charge in [0.25, 0.3) is 0 Å². The van der Waals surface area contributed by atoms with E-state index in [9.17, 15) is 0 Å². The van der Waals surface area contributed by atoms with Crippen molar-refractivity contribution in [1.29, 1.82) is 0 Å². The van der Waals surface area contributed by atoms with Crippen molar-refractivity contribution >= 4 is 22.6 Å². The molecule has 3 heteroatoms. The maximum absolute atomic E-state index is 6.02. The van der Waals surface area contributed by atoms with E-state index in [1.54, 1.807) is 0 Å². The van der Waals surface area contributed by atoms with E-state index in [0.29, 0.717) is 17.8 Å². The molecule has 2 aromatic rings. The molecule has 0 saturated heterocycles. The fourth-order valence-corrected chi connectivity index (χ4v) is 2.50. The molecule has 0 amide bonds. The Morgan fingerprint density at radius 3 is 2.55 bits per heavy atom. The van der Waals surface area contributed by atoms with Crippen LogP contribution in [0.5, 0.6) is 0 Å². The predicted molar refractivity (Wildman–Crippen MR) is 86.5 cm³/mol. The Morgan fingerprint density at radius 2 is 1.85 bits per heavy atom. The van der Waals surface area contributed by atoms with Crippen LogP contribution < -0.4 is 5.32 Å². The molecule has 0 aliphatic heterocycles. The lowest BCUT2D eigenvalue weighted by Gasteiger charge is -2.19. The lowest BCUT2D eigenvalue weighted by Crippen LogP contribution is -2.27. The van der Waals surface area contributed by atoms with Crippen molar-refractivity contribution in [2.45, 2.75) is 33.6 Å². The Morgan fingerprint density at radius 1 is 1.10 bits per heavy atom. The summed E-state index contributed by atoms with van der Waals surface area (Å²) >= 11 is 6.02. The molecule has 2 nitrogen and oxygen atoms in total. The van der Waals surface area contributed by atoms with Crippen LogP contribution in [-0.4, -0.2) is 13.1 Å². The normalized spacial score (nSPS) is 14.9. The van der Waals surface area contributed by atoms with E-state index in [4.69, 9.17) is 16.0 Å². The van der Waals surface area contributed by atoms with Gasteiger partial charge in [-0.3, -0.25) is 0 Å². The van der Waals surface area contributed by atoms with E-state index in [1.807, 2.05) is 18.2 Å². The van der Waals surface area contributed by atoms with Crippen molar-refractivity contribution < 1.29 is 4.42 Å². The minimum absolute atomic E-state index is 0.390. The van der Waals surface area contributed by atoms with Crippen LogP contribution in [0.1, 0.15) is 39.4 Å². The summed E-state index contributed by atoms with van der Waals surface area (Å²) < 4.78 is 5.95. The van der Waals surface area contributed by atoms with Crippen molar-refractivity contribution in [2.24, 2.45) is 11.8 Å². The van der Waals surface area contributed by atoms with Crippen molar-refractivity contribution in [1.82, 2.24) is 5.32 Å². The van der Waals surface area contributed by atoms with Crippen LogP contribution in [0.3, 0.4) is 0 Å². The van der Waals surface area contributed by atoms with Crippen LogP contribution in [0.4, 0.5) is 0 Å². The summed E-state index contributed by atoms with van der Waals surface area (Å²) in [5.41, 5.74) is 0.915. The van der Waals surface area contributed by atoms with Gasteiger partial charge >= 0.3 is 0 Å². The van der Waals surface area contributed by atoms with Crippen LogP contribution in [0, 0.1) is 11.8 Å². The molecular formula is C17H24ClNO. The van der Waals surface area contributed by atoms with E-state index in [0.717, 1.165) is 34.8 Å². The number of fused-ring (bicyclic) bond motifs is 1. The molecule has 0 fully saturated rings. The molecule has 1 aromatic carbocycles. The van der Waals surface area contributed by atoms with Gasteiger partial charge in [0.2, 0.25) is 0 Å². The summed E-state index contributed by atoms with van der Waals surface area (Å²) in [7, 11) is 0. The van der Waals surface area contributed by atoms with Gasteiger partial charge in [-0.25, -0.2) is 0 Å². The Kier molecular flexibility index (Phi) is 5.11. The largest absolute Gasteiger partial charge is 0.461 e. The third kappa shape index (κ3) is 3.77. The molecule has 0 saturated carbocycles. The average Bonchev–Trinajstić information content (AvgIpc) is 2.80. The number of furan rings is 1. The fourth-order valence-electron chi connectivity index (χ4n) is 2.32. The molecule has 110 valence electrons. The van der Waals surface area contributed by atoms with Gasteiger partial charge in [-0.15, -0.1) is 0 Å². The first-order chi connectivity index (χ1) is 9.47. The molecule has 0 bridgehead atoms. The molecule has 1 aromatic heterocycles. The minimum atomic E-state index is 0.390. The average molecular weight is 294 g/mol. The second kappa shape index (κ2) is 6.64. The van der Waals surface area contributed by atoms with Crippen LogP contribution in [0.2, 0.25) is 5.02 Å². The molecule has 1 N–H and O–H groups in total. The third-order valence-corrected chi connectivity index (χ3v) is 4.05. The Hall–Kier alpha value is -0.990. The zero-order chi connectivity index (χ0) is 14.7. The van der Waals surface area contributed by atoms with E-state index in [1.165, 1.54) is 0 Å². The highest BCUT2D eigenvalue weighted by Crippen LogP contribution is 2.30. The Balaban J connectivity index is 2.04. The molecule has 1 heterocycles. The number of nitrogens with one attached hydrogen (secondary N) is 1. The van der Waals surface area contributed by atoms with Gasteiger partial charge < -0.3 is 9.73 Å².